The van der Waals surface area contributed by atoms with Gasteiger partial charge in [-0.1, -0.05) is 6.07 Å². The number of carbonyl (C=O) groups is 2. The van der Waals surface area contributed by atoms with Gasteiger partial charge in [-0.3, -0.25) is 4.79 Å². The number of thiophene rings is 1. The second kappa shape index (κ2) is 9.62. The summed E-state index contributed by atoms with van der Waals surface area (Å²) in [6.07, 6.45) is 2.06. The summed E-state index contributed by atoms with van der Waals surface area (Å²) in [6, 6.07) is 7.24. The minimum absolute atomic E-state index is 0.284. The van der Waals surface area contributed by atoms with E-state index in [1.807, 2.05) is 22.9 Å². The molecule has 0 saturated heterocycles. The fourth-order valence-electron chi connectivity index (χ4n) is 2.12. The molecule has 0 aliphatic carbocycles. The number of hydrogen-bond donors (Lipinski definition) is 1. The molecule has 6 nitrogen and oxygen atoms in total. The molecule has 1 aromatic heterocycles. The van der Waals surface area contributed by atoms with Crippen molar-refractivity contribution in [2.75, 3.05) is 14.2 Å². The molecule has 26 heavy (non-hydrogen) atoms. The molecule has 138 valence electrons. The summed E-state index contributed by atoms with van der Waals surface area (Å²) >= 11 is 1.54. The van der Waals surface area contributed by atoms with Crippen molar-refractivity contribution >= 4 is 29.3 Å². The smallest absolute Gasteiger partial charge is 0.331 e. The Bertz CT molecular complexity index is 770. The Hall–Kier alpha value is -2.80. The van der Waals surface area contributed by atoms with Crippen molar-refractivity contribution in [3.05, 3.63) is 52.2 Å². The average molecular weight is 375 g/mol. The lowest BCUT2D eigenvalue weighted by molar-refractivity contribution is -0.150. The third-order valence-electron chi connectivity index (χ3n) is 3.53. The summed E-state index contributed by atoms with van der Waals surface area (Å²) in [5.41, 5.74) is 1.75. The number of ether oxygens (including phenoxy) is 3. The van der Waals surface area contributed by atoms with Gasteiger partial charge in [-0.2, -0.15) is 11.3 Å². The van der Waals surface area contributed by atoms with Crippen LogP contribution in [0.1, 0.15) is 18.1 Å². The van der Waals surface area contributed by atoms with Crippen molar-refractivity contribution in [2.24, 2.45) is 0 Å². The summed E-state index contributed by atoms with van der Waals surface area (Å²) < 4.78 is 15.5. The van der Waals surface area contributed by atoms with Gasteiger partial charge in [0, 0.05) is 12.6 Å². The first-order chi connectivity index (χ1) is 12.5. The molecule has 0 spiro atoms. The van der Waals surface area contributed by atoms with Crippen LogP contribution < -0.4 is 14.8 Å². The van der Waals surface area contributed by atoms with Gasteiger partial charge in [0.2, 0.25) is 0 Å². The molecule has 0 aliphatic heterocycles. The molecule has 0 bridgehead atoms. The van der Waals surface area contributed by atoms with Crippen LogP contribution in [0, 0.1) is 0 Å². The third-order valence-corrected chi connectivity index (χ3v) is 4.23. The van der Waals surface area contributed by atoms with Crippen LogP contribution in [0.5, 0.6) is 11.5 Å². The van der Waals surface area contributed by atoms with E-state index >= 15 is 0 Å². The molecular formula is C19H21NO5S. The number of carbonyl (C=O) groups excluding carboxylic acids is 2. The standard InChI is InChI=1S/C19H21NO5S/c1-13(25-18(21)7-5-14-8-9-26-12-14)19(22)20-11-15-4-6-16(23-2)17(10-15)24-3/h4-10,12-13H,11H2,1-3H3,(H,20,22)/b7-5+. The summed E-state index contributed by atoms with van der Waals surface area (Å²) in [4.78, 5) is 23.9. The van der Waals surface area contributed by atoms with E-state index in [0.717, 1.165) is 11.1 Å². The Morgan fingerprint density at radius 1 is 1.19 bits per heavy atom. The SMILES string of the molecule is COc1ccc(CNC(=O)C(C)OC(=O)/C=C/c2ccsc2)cc1OC. The van der Waals surface area contributed by atoms with Gasteiger partial charge in [-0.15, -0.1) is 0 Å². The van der Waals surface area contributed by atoms with Crippen LogP contribution in [0.15, 0.2) is 41.1 Å². The summed E-state index contributed by atoms with van der Waals surface area (Å²) in [5, 5.41) is 6.55. The van der Waals surface area contributed by atoms with Crippen molar-refractivity contribution < 1.29 is 23.8 Å². The maximum absolute atomic E-state index is 12.1. The van der Waals surface area contributed by atoms with E-state index in [2.05, 4.69) is 5.32 Å². The highest BCUT2D eigenvalue weighted by atomic mass is 32.1. The van der Waals surface area contributed by atoms with Crippen molar-refractivity contribution in [3.63, 3.8) is 0 Å². The molecule has 0 fully saturated rings. The van der Waals surface area contributed by atoms with Gasteiger partial charge in [-0.25, -0.2) is 4.79 Å². The lowest BCUT2D eigenvalue weighted by Gasteiger charge is -2.13. The molecule has 1 aromatic carbocycles. The molecule has 1 heterocycles. The lowest BCUT2D eigenvalue weighted by Crippen LogP contribution is -2.35. The molecule has 1 atom stereocenters. The minimum Gasteiger partial charge on any atom is -0.493 e. The van der Waals surface area contributed by atoms with E-state index in [0.29, 0.717) is 11.5 Å². The largest absolute Gasteiger partial charge is 0.493 e. The van der Waals surface area contributed by atoms with Crippen LogP contribution in [-0.2, 0) is 20.9 Å². The maximum Gasteiger partial charge on any atom is 0.331 e. The van der Waals surface area contributed by atoms with Gasteiger partial charge in [-0.05, 0) is 53.1 Å². The Morgan fingerprint density at radius 2 is 1.96 bits per heavy atom. The number of methoxy groups -OCH3 is 2. The van der Waals surface area contributed by atoms with Crippen molar-refractivity contribution in [1.29, 1.82) is 0 Å². The molecule has 2 rings (SSSR count). The first-order valence-electron chi connectivity index (χ1n) is 7.93. The Labute approximate surface area is 156 Å². The normalized spacial score (nSPS) is 11.8. The maximum atomic E-state index is 12.1. The van der Waals surface area contributed by atoms with Crippen LogP contribution in [0.3, 0.4) is 0 Å². The van der Waals surface area contributed by atoms with Crippen molar-refractivity contribution in [3.8, 4) is 11.5 Å². The lowest BCUT2D eigenvalue weighted by atomic mass is 10.2. The summed E-state index contributed by atoms with van der Waals surface area (Å²) in [6.45, 7) is 1.81. The molecule has 7 heteroatoms. The van der Waals surface area contributed by atoms with E-state index in [4.69, 9.17) is 14.2 Å². The predicted octanol–water partition coefficient (Wildman–Crippen LogP) is 3.03. The third kappa shape index (κ3) is 5.63. The minimum atomic E-state index is -0.894. The highest BCUT2D eigenvalue weighted by Crippen LogP contribution is 2.27. The number of esters is 1. The molecule has 1 N–H and O–H groups in total. The summed E-state index contributed by atoms with van der Waals surface area (Å²) in [5.74, 6) is 0.251. The van der Waals surface area contributed by atoms with Crippen LogP contribution in [0.4, 0.5) is 0 Å². The van der Waals surface area contributed by atoms with Gasteiger partial charge in [0.15, 0.2) is 17.6 Å². The van der Waals surface area contributed by atoms with Crippen LogP contribution >= 0.6 is 11.3 Å². The van der Waals surface area contributed by atoms with E-state index in [-0.39, 0.29) is 12.5 Å². The molecule has 2 aromatic rings. The zero-order valence-electron chi connectivity index (χ0n) is 14.9. The second-order valence-corrected chi connectivity index (χ2v) is 6.16. The molecule has 1 amide bonds. The quantitative estimate of drug-likeness (QED) is 0.567. The highest BCUT2D eigenvalue weighted by Gasteiger charge is 2.16. The molecule has 0 radical (unpaired) electrons. The number of rotatable bonds is 8. The second-order valence-electron chi connectivity index (χ2n) is 5.38. The zero-order valence-corrected chi connectivity index (χ0v) is 15.7. The summed E-state index contributed by atoms with van der Waals surface area (Å²) in [7, 11) is 3.10. The van der Waals surface area contributed by atoms with Gasteiger partial charge >= 0.3 is 5.97 Å². The Morgan fingerprint density at radius 3 is 2.62 bits per heavy atom. The molecule has 0 saturated carbocycles. The van der Waals surface area contributed by atoms with Gasteiger partial charge in [0.05, 0.1) is 14.2 Å². The highest BCUT2D eigenvalue weighted by molar-refractivity contribution is 7.08. The monoisotopic (exact) mass is 375 g/mol. The van der Waals surface area contributed by atoms with E-state index < -0.39 is 12.1 Å². The number of amides is 1. The van der Waals surface area contributed by atoms with Gasteiger partial charge < -0.3 is 19.5 Å². The number of benzene rings is 1. The van der Waals surface area contributed by atoms with Crippen LogP contribution in [0.25, 0.3) is 6.08 Å². The van der Waals surface area contributed by atoms with Crippen molar-refractivity contribution in [2.45, 2.75) is 19.6 Å². The van der Waals surface area contributed by atoms with Gasteiger partial charge in [0.1, 0.15) is 0 Å². The number of nitrogens with one attached hydrogen (secondary N) is 1. The van der Waals surface area contributed by atoms with E-state index in [1.54, 1.807) is 32.4 Å². The zero-order chi connectivity index (χ0) is 18.9. The predicted molar refractivity (Wildman–Crippen MR) is 100 cm³/mol. The van der Waals surface area contributed by atoms with E-state index in [1.165, 1.54) is 24.3 Å². The first-order valence-corrected chi connectivity index (χ1v) is 8.87. The number of hydrogen-bond acceptors (Lipinski definition) is 6. The van der Waals surface area contributed by atoms with Crippen LogP contribution in [-0.4, -0.2) is 32.2 Å². The molecule has 0 aliphatic rings. The molecule has 1 unspecified atom stereocenters. The van der Waals surface area contributed by atoms with Crippen LogP contribution in [0.2, 0.25) is 0 Å². The van der Waals surface area contributed by atoms with Crippen molar-refractivity contribution in [1.82, 2.24) is 5.32 Å². The fraction of sp³-hybridized carbons (Fsp3) is 0.263. The Kier molecular flexibility index (Phi) is 7.23. The first kappa shape index (κ1) is 19.5. The van der Waals surface area contributed by atoms with Gasteiger partial charge in [0.25, 0.3) is 5.91 Å². The average Bonchev–Trinajstić information content (AvgIpc) is 3.17. The Balaban J connectivity index is 1.84. The molecular weight excluding hydrogens is 354 g/mol. The topological polar surface area (TPSA) is 73.9 Å². The fourth-order valence-corrected chi connectivity index (χ4v) is 2.75. The van der Waals surface area contributed by atoms with E-state index in [9.17, 15) is 9.59 Å².